The van der Waals surface area contributed by atoms with Crippen molar-refractivity contribution < 1.29 is 9.53 Å². The Morgan fingerprint density at radius 1 is 1.39 bits per heavy atom. The Hall–Kier alpha value is -2.17. The van der Waals surface area contributed by atoms with Gasteiger partial charge >= 0.3 is 5.97 Å². The van der Waals surface area contributed by atoms with Gasteiger partial charge in [0.15, 0.2) is 0 Å². The van der Waals surface area contributed by atoms with Crippen LogP contribution in [0.5, 0.6) is 0 Å². The molecular formula is C13H14N2O3. The largest absolute Gasteiger partial charge is 0.456 e. The van der Waals surface area contributed by atoms with E-state index in [0.29, 0.717) is 11.0 Å². The number of nitrogens with zero attached hydrogens (tertiary/aromatic N) is 1. The first-order chi connectivity index (χ1) is 8.37. The Morgan fingerprint density at radius 3 is 2.78 bits per heavy atom. The maximum atomic E-state index is 11.9. The van der Waals surface area contributed by atoms with Crippen LogP contribution in [0.15, 0.2) is 29.2 Å². The molecule has 18 heavy (non-hydrogen) atoms. The van der Waals surface area contributed by atoms with Crippen molar-refractivity contribution in [3.05, 3.63) is 40.3 Å². The molecule has 2 rings (SSSR count). The molecule has 0 radical (unpaired) electrons. The number of ether oxygens (including phenoxy) is 1. The van der Waals surface area contributed by atoms with Gasteiger partial charge in [-0.25, -0.2) is 9.78 Å². The molecule has 0 bridgehead atoms. The van der Waals surface area contributed by atoms with Crippen molar-refractivity contribution in [1.29, 1.82) is 0 Å². The van der Waals surface area contributed by atoms with Crippen LogP contribution in [-0.2, 0) is 4.74 Å². The Kier molecular flexibility index (Phi) is 2.90. The standard InChI is InChI=1S/C13H14N2O3/c1-13(2,3)18-12(17)9-7-8-5-4-6-14-10(8)15-11(9)16/h4-7H,1-3H3,(H,14,15,16). The summed E-state index contributed by atoms with van der Waals surface area (Å²) in [5.41, 5.74) is -0.677. The number of fused-ring (bicyclic) bond motifs is 1. The summed E-state index contributed by atoms with van der Waals surface area (Å²) in [6.07, 6.45) is 1.57. The lowest BCUT2D eigenvalue weighted by Crippen LogP contribution is -2.28. The minimum absolute atomic E-state index is 0.00887. The van der Waals surface area contributed by atoms with Crippen LogP contribution in [0.2, 0.25) is 0 Å². The predicted octanol–water partition coefficient (Wildman–Crippen LogP) is 1.88. The van der Waals surface area contributed by atoms with E-state index in [2.05, 4.69) is 9.97 Å². The van der Waals surface area contributed by atoms with E-state index in [4.69, 9.17) is 4.74 Å². The zero-order chi connectivity index (χ0) is 13.3. The van der Waals surface area contributed by atoms with Gasteiger partial charge in [-0.1, -0.05) is 0 Å². The van der Waals surface area contributed by atoms with Crippen LogP contribution in [0.4, 0.5) is 0 Å². The number of aromatic nitrogens is 2. The third kappa shape index (κ3) is 2.56. The third-order valence-corrected chi connectivity index (χ3v) is 2.23. The zero-order valence-corrected chi connectivity index (χ0v) is 10.5. The van der Waals surface area contributed by atoms with Gasteiger partial charge < -0.3 is 9.72 Å². The number of rotatable bonds is 1. The average Bonchev–Trinajstić information content (AvgIpc) is 2.25. The molecule has 94 valence electrons. The van der Waals surface area contributed by atoms with E-state index in [1.54, 1.807) is 39.1 Å². The first-order valence-corrected chi connectivity index (χ1v) is 5.58. The molecule has 0 amide bonds. The summed E-state index contributed by atoms with van der Waals surface area (Å²) in [6, 6.07) is 5.00. The smallest absolute Gasteiger partial charge is 0.344 e. The molecule has 0 unspecified atom stereocenters. The molecule has 5 heteroatoms. The van der Waals surface area contributed by atoms with Crippen LogP contribution in [0.1, 0.15) is 31.1 Å². The van der Waals surface area contributed by atoms with Crippen molar-refractivity contribution >= 4 is 17.0 Å². The fourth-order valence-corrected chi connectivity index (χ4v) is 1.52. The van der Waals surface area contributed by atoms with Gasteiger partial charge in [-0.2, -0.15) is 0 Å². The molecule has 2 aromatic rings. The van der Waals surface area contributed by atoms with Gasteiger partial charge in [0.1, 0.15) is 16.8 Å². The van der Waals surface area contributed by atoms with Crippen LogP contribution in [-0.4, -0.2) is 21.5 Å². The molecule has 2 heterocycles. The minimum Gasteiger partial charge on any atom is -0.456 e. The average molecular weight is 246 g/mol. The van der Waals surface area contributed by atoms with Crippen LogP contribution in [0, 0.1) is 0 Å². The van der Waals surface area contributed by atoms with Gasteiger partial charge in [0, 0.05) is 11.6 Å². The van der Waals surface area contributed by atoms with E-state index in [1.807, 2.05) is 0 Å². The monoisotopic (exact) mass is 246 g/mol. The number of H-pyrrole nitrogens is 1. The van der Waals surface area contributed by atoms with E-state index in [0.717, 1.165) is 0 Å². The van der Waals surface area contributed by atoms with Gasteiger partial charge in [-0.15, -0.1) is 0 Å². The van der Waals surface area contributed by atoms with Gasteiger partial charge in [-0.05, 0) is 39.0 Å². The zero-order valence-electron chi connectivity index (χ0n) is 10.5. The quantitative estimate of drug-likeness (QED) is 0.780. The highest BCUT2D eigenvalue weighted by Gasteiger charge is 2.20. The normalized spacial score (nSPS) is 11.5. The molecule has 0 saturated carbocycles. The van der Waals surface area contributed by atoms with Crippen LogP contribution >= 0.6 is 0 Å². The highest BCUT2D eigenvalue weighted by molar-refractivity contribution is 5.93. The molecule has 0 aromatic carbocycles. The first kappa shape index (κ1) is 12.3. The molecule has 0 saturated heterocycles. The van der Waals surface area contributed by atoms with Crippen molar-refractivity contribution in [2.24, 2.45) is 0 Å². The molecule has 0 aliphatic carbocycles. The van der Waals surface area contributed by atoms with Crippen LogP contribution < -0.4 is 5.56 Å². The second-order valence-corrected chi connectivity index (χ2v) is 4.96. The fraction of sp³-hybridized carbons (Fsp3) is 0.308. The predicted molar refractivity (Wildman–Crippen MR) is 67.5 cm³/mol. The van der Waals surface area contributed by atoms with Gasteiger partial charge in [0.2, 0.25) is 0 Å². The lowest BCUT2D eigenvalue weighted by molar-refractivity contribution is 0.00678. The Labute approximate surface area is 104 Å². The lowest BCUT2D eigenvalue weighted by atomic mass is 10.1. The highest BCUT2D eigenvalue weighted by atomic mass is 16.6. The van der Waals surface area contributed by atoms with E-state index in [1.165, 1.54) is 6.07 Å². The first-order valence-electron chi connectivity index (χ1n) is 5.58. The number of aromatic amines is 1. The van der Waals surface area contributed by atoms with E-state index >= 15 is 0 Å². The molecule has 0 fully saturated rings. The van der Waals surface area contributed by atoms with E-state index < -0.39 is 17.1 Å². The molecule has 5 nitrogen and oxygen atoms in total. The summed E-state index contributed by atoms with van der Waals surface area (Å²) >= 11 is 0. The number of hydrogen-bond donors (Lipinski definition) is 1. The summed E-state index contributed by atoms with van der Waals surface area (Å²) in [7, 11) is 0. The number of esters is 1. The minimum atomic E-state index is -0.632. The Morgan fingerprint density at radius 2 is 2.11 bits per heavy atom. The lowest BCUT2D eigenvalue weighted by Gasteiger charge is -2.19. The van der Waals surface area contributed by atoms with Crippen molar-refractivity contribution in [2.45, 2.75) is 26.4 Å². The molecular weight excluding hydrogens is 232 g/mol. The summed E-state index contributed by atoms with van der Waals surface area (Å²) in [6.45, 7) is 5.26. The molecule has 0 aliphatic rings. The van der Waals surface area contributed by atoms with Crippen molar-refractivity contribution in [2.75, 3.05) is 0 Å². The molecule has 1 N–H and O–H groups in total. The number of hydrogen-bond acceptors (Lipinski definition) is 4. The number of nitrogens with one attached hydrogen (secondary N) is 1. The fourth-order valence-electron chi connectivity index (χ4n) is 1.52. The maximum Gasteiger partial charge on any atom is 0.344 e. The summed E-state index contributed by atoms with van der Waals surface area (Å²) < 4.78 is 5.17. The second-order valence-electron chi connectivity index (χ2n) is 4.96. The van der Waals surface area contributed by atoms with E-state index in [9.17, 15) is 9.59 Å². The summed E-state index contributed by atoms with van der Waals surface area (Å²) in [5.74, 6) is -0.630. The third-order valence-electron chi connectivity index (χ3n) is 2.23. The van der Waals surface area contributed by atoms with Crippen molar-refractivity contribution in [1.82, 2.24) is 9.97 Å². The van der Waals surface area contributed by atoms with Gasteiger partial charge in [0.05, 0.1) is 0 Å². The number of pyridine rings is 2. The molecule has 2 aromatic heterocycles. The summed E-state index contributed by atoms with van der Waals surface area (Å²) in [4.78, 5) is 30.2. The van der Waals surface area contributed by atoms with Gasteiger partial charge in [0.25, 0.3) is 5.56 Å². The molecule has 0 aliphatic heterocycles. The van der Waals surface area contributed by atoms with Crippen molar-refractivity contribution in [3.63, 3.8) is 0 Å². The maximum absolute atomic E-state index is 11.9. The number of carbonyl (C=O) groups excluding carboxylic acids is 1. The molecule has 0 spiro atoms. The molecule has 0 atom stereocenters. The Bertz CT molecular complexity index is 653. The Balaban J connectivity index is 2.48. The van der Waals surface area contributed by atoms with E-state index in [-0.39, 0.29) is 5.56 Å². The highest BCUT2D eigenvalue weighted by Crippen LogP contribution is 2.12. The van der Waals surface area contributed by atoms with Gasteiger partial charge in [-0.3, -0.25) is 4.79 Å². The van der Waals surface area contributed by atoms with Crippen LogP contribution in [0.3, 0.4) is 0 Å². The second kappa shape index (κ2) is 4.25. The van der Waals surface area contributed by atoms with Crippen molar-refractivity contribution in [3.8, 4) is 0 Å². The summed E-state index contributed by atoms with van der Waals surface area (Å²) in [5, 5.41) is 0.693. The topological polar surface area (TPSA) is 72.0 Å². The SMILES string of the molecule is CC(C)(C)OC(=O)c1cc2cccnc2[nH]c1=O. The number of carbonyl (C=O) groups is 1. The van der Waals surface area contributed by atoms with Crippen LogP contribution in [0.25, 0.3) is 11.0 Å².